The standard InChI is InChI=1S/C37H38FN3O4Si/c1-26-32-17-12-22-39-33(32)35(45-27(2)42)34(40-26)36(43)41(25-28-18-20-29(38)21-19-28)23-24-44-46(37(3,4)5,30-13-8-6-9-14-30)31-15-10-7-11-16-31/h6-22H,23-25H2,1-5H3. The number of aryl methyl sites for hydroxylation is 1. The van der Waals surface area contributed by atoms with Crippen LogP contribution < -0.4 is 15.1 Å². The van der Waals surface area contributed by atoms with Crippen molar-refractivity contribution in [2.45, 2.75) is 46.2 Å². The normalized spacial score (nSPS) is 11.8. The van der Waals surface area contributed by atoms with Crippen LogP contribution in [0.2, 0.25) is 5.04 Å². The molecule has 0 fully saturated rings. The van der Waals surface area contributed by atoms with Crippen molar-refractivity contribution in [2.24, 2.45) is 0 Å². The van der Waals surface area contributed by atoms with E-state index >= 15 is 0 Å². The number of nitrogens with zero attached hydrogens (tertiary/aromatic N) is 3. The summed E-state index contributed by atoms with van der Waals surface area (Å²) in [5.74, 6) is -1.41. The van der Waals surface area contributed by atoms with E-state index in [1.54, 1.807) is 36.2 Å². The van der Waals surface area contributed by atoms with E-state index in [1.807, 2.05) is 42.5 Å². The first kappa shape index (κ1) is 32.7. The molecule has 1 amide bonds. The van der Waals surface area contributed by atoms with Crippen molar-refractivity contribution in [1.82, 2.24) is 14.9 Å². The van der Waals surface area contributed by atoms with Crippen molar-refractivity contribution in [3.63, 3.8) is 0 Å². The van der Waals surface area contributed by atoms with E-state index < -0.39 is 20.2 Å². The molecule has 0 radical (unpaired) electrons. The topological polar surface area (TPSA) is 81.6 Å². The van der Waals surface area contributed by atoms with Crippen molar-refractivity contribution in [3.05, 3.63) is 126 Å². The smallest absolute Gasteiger partial charge is 0.308 e. The summed E-state index contributed by atoms with van der Waals surface area (Å²) < 4.78 is 26.5. The number of halogens is 1. The van der Waals surface area contributed by atoms with E-state index in [-0.39, 0.29) is 42.0 Å². The number of carbonyl (C=O) groups excluding carboxylic acids is 2. The minimum atomic E-state index is -2.89. The Morgan fingerprint density at radius 2 is 1.48 bits per heavy atom. The Hall–Kier alpha value is -4.73. The molecule has 0 saturated heterocycles. The van der Waals surface area contributed by atoms with E-state index in [2.05, 4.69) is 55.0 Å². The average Bonchev–Trinajstić information content (AvgIpc) is 3.04. The summed E-state index contributed by atoms with van der Waals surface area (Å²) >= 11 is 0. The first-order chi connectivity index (χ1) is 22.0. The Labute approximate surface area is 270 Å². The molecule has 0 unspecified atom stereocenters. The number of pyridine rings is 2. The van der Waals surface area contributed by atoms with Gasteiger partial charge in [0.2, 0.25) is 0 Å². The lowest BCUT2D eigenvalue weighted by Gasteiger charge is -2.43. The number of carbonyl (C=O) groups is 2. The quantitative estimate of drug-likeness (QED) is 0.134. The van der Waals surface area contributed by atoms with Crippen LogP contribution in [0.25, 0.3) is 10.9 Å². The van der Waals surface area contributed by atoms with Crippen molar-refractivity contribution in [3.8, 4) is 5.75 Å². The minimum Gasteiger partial charge on any atom is -0.422 e. The van der Waals surface area contributed by atoms with Crippen LogP contribution in [0.5, 0.6) is 5.75 Å². The van der Waals surface area contributed by atoms with Gasteiger partial charge in [0.25, 0.3) is 14.2 Å². The highest BCUT2D eigenvalue weighted by Crippen LogP contribution is 2.37. The monoisotopic (exact) mass is 635 g/mol. The number of ether oxygens (including phenoxy) is 1. The fourth-order valence-electron chi connectivity index (χ4n) is 5.94. The zero-order chi connectivity index (χ0) is 32.9. The number of rotatable bonds is 10. The van der Waals surface area contributed by atoms with Crippen LogP contribution in [0.3, 0.4) is 0 Å². The molecule has 5 rings (SSSR count). The minimum absolute atomic E-state index is 0.00992. The van der Waals surface area contributed by atoms with Crippen LogP contribution in [0.4, 0.5) is 4.39 Å². The molecule has 2 heterocycles. The third-order valence-corrected chi connectivity index (χ3v) is 13.1. The van der Waals surface area contributed by atoms with E-state index in [9.17, 15) is 14.0 Å². The SMILES string of the molecule is CC(=O)Oc1c(C(=O)N(CCO[Si](c2ccccc2)(c2ccccc2)C(C)(C)C)Cc2ccc(F)cc2)nc(C)c2cccnc12. The fourth-order valence-corrected chi connectivity index (χ4v) is 10.5. The largest absolute Gasteiger partial charge is 0.422 e. The lowest BCUT2D eigenvalue weighted by atomic mass is 10.1. The van der Waals surface area contributed by atoms with Gasteiger partial charge in [-0.1, -0.05) is 93.6 Å². The van der Waals surface area contributed by atoms with E-state index in [1.165, 1.54) is 19.1 Å². The number of esters is 1. The summed E-state index contributed by atoms with van der Waals surface area (Å²) in [7, 11) is -2.89. The molecule has 236 valence electrons. The molecule has 0 atom stereocenters. The van der Waals surface area contributed by atoms with Crippen LogP contribution in [0.15, 0.2) is 103 Å². The average molecular weight is 636 g/mol. The second-order valence-corrected chi connectivity index (χ2v) is 16.5. The second-order valence-electron chi connectivity index (χ2n) is 12.2. The molecule has 3 aromatic carbocycles. The van der Waals surface area contributed by atoms with Crippen LogP contribution in [-0.4, -0.2) is 48.2 Å². The predicted molar refractivity (Wildman–Crippen MR) is 180 cm³/mol. The molecule has 0 aliphatic carbocycles. The second kappa shape index (κ2) is 13.7. The molecule has 0 aliphatic rings. The first-order valence-corrected chi connectivity index (χ1v) is 17.1. The van der Waals surface area contributed by atoms with Gasteiger partial charge in [-0.2, -0.15) is 0 Å². The fraction of sp³-hybridized carbons (Fsp3) is 0.243. The summed E-state index contributed by atoms with van der Waals surface area (Å²) in [5, 5.41) is 2.67. The number of amides is 1. The van der Waals surface area contributed by atoms with Gasteiger partial charge < -0.3 is 14.1 Å². The van der Waals surface area contributed by atoms with Gasteiger partial charge in [-0.15, -0.1) is 0 Å². The molecule has 0 aliphatic heterocycles. The Bertz CT molecular complexity index is 1790. The zero-order valence-corrected chi connectivity index (χ0v) is 27.8. The van der Waals surface area contributed by atoms with Crippen molar-refractivity contribution in [2.75, 3.05) is 13.2 Å². The number of fused-ring (bicyclic) bond motifs is 1. The molecule has 0 saturated carbocycles. The van der Waals surface area contributed by atoms with Gasteiger partial charge in [0.1, 0.15) is 11.3 Å². The Kier molecular flexibility index (Phi) is 9.74. The van der Waals surface area contributed by atoms with Crippen molar-refractivity contribution < 1.29 is 23.1 Å². The van der Waals surface area contributed by atoms with Crippen LogP contribution in [0, 0.1) is 12.7 Å². The molecule has 5 aromatic rings. The van der Waals surface area contributed by atoms with Crippen molar-refractivity contribution >= 4 is 41.5 Å². The van der Waals surface area contributed by atoms with Crippen LogP contribution in [-0.2, 0) is 15.8 Å². The number of hydrogen-bond acceptors (Lipinski definition) is 6. The summed E-state index contributed by atoms with van der Waals surface area (Å²) in [4.78, 5) is 37.3. The molecule has 46 heavy (non-hydrogen) atoms. The van der Waals surface area contributed by atoms with Gasteiger partial charge in [0, 0.05) is 37.3 Å². The van der Waals surface area contributed by atoms with Crippen LogP contribution >= 0.6 is 0 Å². The predicted octanol–water partition coefficient (Wildman–Crippen LogP) is 6.22. The number of aromatic nitrogens is 2. The highest BCUT2D eigenvalue weighted by Gasteiger charge is 2.50. The maximum atomic E-state index is 14.4. The Balaban J connectivity index is 1.56. The molecule has 0 N–H and O–H groups in total. The van der Waals surface area contributed by atoms with E-state index in [0.29, 0.717) is 16.6 Å². The lowest BCUT2D eigenvalue weighted by molar-refractivity contribution is -0.131. The zero-order valence-electron chi connectivity index (χ0n) is 26.8. The first-order valence-electron chi connectivity index (χ1n) is 15.2. The van der Waals surface area contributed by atoms with Crippen molar-refractivity contribution in [1.29, 1.82) is 0 Å². The summed E-state index contributed by atoms with van der Waals surface area (Å²) in [6.45, 7) is 10.2. The molecule has 0 bridgehead atoms. The molecule has 7 nitrogen and oxygen atoms in total. The van der Waals surface area contributed by atoms with Gasteiger partial charge in [-0.25, -0.2) is 9.37 Å². The Morgan fingerprint density at radius 1 is 0.870 bits per heavy atom. The molecule has 2 aromatic heterocycles. The van der Waals surface area contributed by atoms with E-state index in [0.717, 1.165) is 15.9 Å². The number of hydrogen-bond donors (Lipinski definition) is 0. The number of benzene rings is 3. The molecule has 9 heteroatoms. The maximum Gasteiger partial charge on any atom is 0.308 e. The van der Waals surface area contributed by atoms with Gasteiger partial charge in [0.15, 0.2) is 11.4 Å². The molecular weight excluding hydrogens is 598 g/mol. The van der Waals surface area contributed by atoms with Gasteiger partial charge in [-0.3, -0.25) is 14.6 Å². The summed E-state index contributed by atoms with van der Waals surface area (Å²) in [6, 6.07) is 30.2. The Morgan fingerprint density at radius 3 is 2.04 bits per heavy atom. The third-order valence-electron chi connectivity index (χ3n) is 8.03. The third kappa shape index (κ3) is 6.75. The maximum absolute atomic E-state index is 14.4. The van der Waals surface area contributed by atoms with Gasteiger partial charge in [0.05, 0.1) is 6.61 Å². The highest BCUT2D eigenvalue weighted by atomic mass is 28.4. The van der Waals surface area contributed by atoms with Gasteiger partial charge in [-0.05, 0) is 52.2 Å². The summed E-state index contributed by atoms with van der Waals surface area (Å²) in [5.41, 5.74) is 1.66. The molecule has 0 spiro atoms. The van der Waals surface area contributed by atoms with Gasteiger partial charge >= 0.3 is 5.97 Å². The highest BCUT2D eigenvalue weighted by molar-refractivity contribution is 6.99. The van der Waals surface area contributed by atoms with E-state index in [4.69, 9.17) is 9.16 Å². The lowest BCUT2D eigenvalue weighted by Crippen LogP contribution is -2.67. The molecular formula is C37H38FN3O4Si. The van der Waals surface area contributed by atoms with Crippen LogP contribution in [0.1, 0.15) is 49.4 Å². The summed E-state index contributed by atoms with van der Waals surface area (Å²) in [6.07, 6.45) is 1.58.